The number of benzene rings is 1. The molecule has 1 atom stereocenters. The molecule has 2 N–H and O–H groups in total. The lowest BCUT2D eigenvalue weighted by atomic mass is 10.1. The first-order valence-corrected chi connectivity index (χ1v) is 6.38. The molecule has 1 aromatic rings. The molecule has 0 bridgehead atoms. The van der Waals surface area contributed by atoms with E-state index in [1.54, 1.807) is 6.08 Å². The molecule has 0 fully saturated rings. The summed E-state index contributed by atoms with van der Waals surface area (Å²) in [5, 5.41) is 5.40. The lowest BCUT2D eigenvalue weighted by Gasteiger charge is -2.14. The largest absolute Gasteiger partial charge is 0.348 e. The van der Waals surface area contributed by atoms with Gasteiger partial charge < -0.3 is 10.6 Å². The Labute approximate surface area is 113 Å². The third kappa shape index (κ3) is 5.38. The van der Waals surface area contributed by atoms with E-state index in [1.165, 1.54) is 6.92 Å². The molecule has 102 valence electrons. The van der Waals surface area contributed by atoms with Crippen LogP contribution in [-0.4, -0.2) is 17.9 Å². The highest BCUT2D eigenvalue weighted by Crippen LogP contribution is 2.05. The Balaban J connectivity index is 2.91. The molecule has 1 aromatic carbocycles. The van der Waals surface area contributed by atoms with Gasteiger partial charge in [-0.05, 0) is 25.0 Å². The van der Waals surface area contributed by atoms with Gasteiger partial charge >= 0.3 is 0 Å². The van der Waals surface area contributed by atoms with Crippen molar-refractivity contribution in [3.05, 3.63) is 41.6 Å². The molecule has 4 heteroatoms. The lowest BCUT2D eigenvalue weighted by Crippen LogP contribution is -2.38. The minimum absolute atomic E-state index is 0.0698. The molecule has 0 aromatic heterocycles. The second-order valence-electron chi connectivity index (χ2n) is 4.43. The van der Waals surface area contributed by atoms with E-state index in [-0.39, 0.29) is 23.6 Å². The van der Waals surface area contributed by atoms with Gasteiger partial charge in [-0.2, -0.15) is 0 Å². The molecule has 19 heavy (non-hydrogen) atoms. The predicted molar refractivity (Wildman–Crippen MR) is 76.1 cm³/mol. The highest BCUT2D eigenvalue weighted by atomic mass is 16.2. The molecule has 0 unspecified atom stereocenters. The molecule has 2 amide bonds. The van der Waals surface area contributed by atoms with Crippen molar-refractivity contribution in [2.75, 3.05) is 0 Å². The smallest absolute Gasteiger partial charge is 0.268 e. The topological polar surface area (TPSA) is 58.2 Å². The van der Waals surface area contributed by atoms with Gasteiger partial charge in [0, 0.05) is 13.0 Å². The van der Waals surface area contributed by atoms with E-state index in [0.717, 1.165) is 12.0 Å². The van der Waals surface area contributed by atoms with Gasteiger partial charge in [-0.1, -0.05) is 37.3 Å². The average Bonchev–Trinajstić information content (AvgIpc) is 2.38. The van der Waals surface area contributed by atoms with Crippen molar-refractivity contribution < 1.29 is 9.59 Å². The molecular formula is C15H20N2O2. The zero-order valence-electron chi connectivity index (χ0n) is 11.6. The van der Waals surface area contributed by atoms with Crippen LogP contribution in [0.3, 0.4) is 0 Å². The molecule has 0 spiro atoms. The van der Waals surface area contributed by atoms with Gasteiger partial charge in [0.1, 0.15) is 5.70 Å². The van der Waals surface area contributed by atoms with E-state index in [1.807, 2.05) is 44.2 Å². The Morgan fingerprint density at radius 2 is 1.89 bits per heavy atom. The highest BCUT2D eigenvalue weighted by molar-refractivity contribution is 6.01. The summed E-state index contributed by atoms with van der Waals surface area (Å²) in [5.41, 5.74) is 1.13. The van der Waals surface area contributed by atoms with Crippen LogP contribution in [0.2, 0.25) is 0 Å². The van der Waals surface area contributed by atoms with Gasteiger partial charge in [-0.3, -0.25) is 9.59 Å². The predicted octanol–water partition coefficient (Wildman–Crippen LogP) is 2.08. The van der Waals surface area contributed by atoms with Crippen molar-refractivity contribution >= 4 is 17.9 Å². The standard InChI is InChI=1S/C15H20N2O2/c1-4-11(2)16-15(19)14(17-12(3)18)10-13-8-6-5-7-9-13/h5-11H,4H2,1-3H3,(H,16,19)(H,17,18)/b14-10-/t11-/m1/s1. The molecule has 0 saturated carbocycles. The molecule has 0 aliphatic rings. The zero-order valence-corrected chi connectivity index (χ0v) is 11.6. The average molecular weight is 260 g/mol. The van der Waals surface area contributed by atoms with Crippen LogP contribution in [0.15, 0.2) is 36.0 Å². The maximum atomic E-state index is 12.1. The highest BCUT2D eigenvalue weighted by Gasteiger charge is 2.12. The monoisotopic (exact) mass is 260 g/mol. The fourth-order valence-corrected chi connectivity index (χ4v) is 1.47. The van der Waals surface area contributed by atoms with E-state index >= 15 is 0 Å². The summed E-state index contributed by atoms with van der Waals surface area (Å²) in [4.78, 5) is 23.2. The summed E-state index contributed by atoms with van der Waals surface area (Å²) >= 11 is 0. The van der Waals surface area contributed by atoms with Crippen LogP contribution in [-0.2, 0) is 9.59 Å². The van der Waals surface area contributed by atoms with Crippen molar-refractivity contribution in [1.82, 2.24) is 10.6 Å². The second-order valence-corrected chi connectivity index (χ2v) is 4.43. The Morgan fingerprint density at radius 3 is 2.42 bits per heavy atom. The summed E-state index contributed by atoms with van der Waals surface area (Å²) in [5.74, 6) is -0.533. The fraction of sp³-hybridized carbons (Fsp3) is 0.333. The molecule has 4 nitrogen and oxygen atoms in total. The Bertz CT molecular complexity index is 466. The van der Waals surface area contributed by atoms with Crippen LogP contribution in [0.1, 0.15) is 32.8 Å². The summed E-state index contributed by atoms with van der Waals surface area (Å²) in [6.07, 6.45) is 2.50. The minimum atomic E-state index is -0.270. The number of hydrogen-bond acceptors (Lipinski definition) is 2. The number of hydrogen-bond donors (Lipinski definition) is 2. The van der Waals surface area contributed by atoms with Crippen LogP contribution in [0.25, 0.3) is 6.08 Å². The van der Waals surface area contributed by atoms with E-state index in [0.29, 0.717) is 0 Å². The third-order valence-corrected chi connectivity index (χ3v) is 2.66. The van der Waals surface area contributed by atoms with Gasteiger partial charge in [0.05, 0.1) is 0 Å². The third-order valence-electron chi connectivity index (χ3n) is 2.66. The van der Waals surface area contributed by atoms with Crippen LogP contribution in [0, 0.1) is 0 Å². The molecule has 1 rings (SSSR count). The van der Waals surface area contributed by atoms with Crippen molar-refractivity contribution in [2.24, 2.45) is 0 Å². The number of rotatable bonds is 5. The Kier molecular flexibility index (Phi) is 5.79. The van der Waals surface area contributed by atoms with Gasteiger partial charge in [-0.25, -0.2) is 0 Å². The van der Waals surface area contributed by atoms with Crippen LogP contribution >= 0.6 is 0 Å². The van der Waals surface area contributed by atoms with E-state index in [4.69, 9.17) is 0 Å². The van der Waals surface area contributed by atoms with Gasteiger partial charge in [0.15, 0.2) is 0 Å². The summed E-state index contributed by atoms with van der Waals surface area (Å²) in [6, 6.07) is 9.47. The van der Waals surface area contributed by atoms with Crippen molar-refractivity contribution in [1.29, 1.82) is 0 Å². The van der Waals surface area contributed by atoms with Gasteiger partial charge in [-0.15, -0.1) is 0 Å². The van der Waals surface area contributed by atoms with E-state index in [9.17, 15) is 9.59 Å². The summed E-state index contributed by atoms with van der Waals surface area (Å²) in [6.45, 7) is 5.30. The van der Waals surface area contributed by atoms with Crippen molar-refractivity contribution in [3.63, 3.8) is 0 Å². The molecule has 0 heterocycles. The number of amides is 2. The maximum absolute atomic E-state index is 12.1. The summed E-state index contributed by atoms with van der Waals surface area (Å²) < 4.78 is 0. The fourth-order valence-electron chi connectivity index (χ4n) is 1.47. The van der Waals surface area contributed by atoms with E-state index < -0.39 is 0 Å². The second kappa shape index (κ2) is 7.36. The SMILES string of the molecule is CC[C@@H](C)NC(=O)/C(=C/c1ccccc1)NC(C)=O. The van der Waals surface area contributed by atoms with Gasteiger partial charge in [0.25, 0.3) is 5.91 Å². The van der Waals surface area contributed by atoms with Crippen LogP contribution in [0.4, 0.5) is 0 Å². The quantitative estimate of drug-likeness (QED) is 0.796. The molecule has 0 aliphatic carbocycles. The molecule has 0 radical (unpaired) electrons. The number of nitrogens with one attached hydrogen (secondary N) is 2. The molecule has 0 saturated heterocycles. The Hall–Kier alpha value is -2.10. The molecule has 0 aliphatic heterocycles. The maximum Gasteiger partial charge on any atom is 0.268 e. The number of carbonyl (C=O) groups excluding carboxylic acids is 2. The Morgan fingerprint density at radius 1 is 1.26 bits per heavy atom. The first-order valence-electron chi connectivity index (χ1n) is 6.38. The lowest BCUT2D eigenvalue weighted by molar-refractivity contribution is -0.122. The zero-order chi connectivity index (χ0) is 14.3. The van der Waals surface area contributed by atoms with Crippen LogP contribution < -0.4 is 10.6 Å². The number of carbonyl (C=O) groups is 2. The first-order chi connectivity index (χ1) is 9.02. The minimum Gasteiger partial charge on any atom is -0.348 e. The summed E-state index contributed by atoms with van der Waals surface area (Å²) in [7, 11) is 0. The normalized spacial score (nSPS) is 12.7. The first kappa shape index (κ1) is 15.0. The van der Waals surface area contributed by atoms with E-state index in [2.05, 4.69) is 10.6 Å². The molecular weight excluding hydrogens is 240 g/mol. The van der Waals surface area contributed by atoms with Crippen LogP contribution in [0.5, 0.6) is 0 Å². The van der Waals surface area contributed by atoms with Crippen molar-refractivity contribution in [2.45, 2.75) is 33.2 Å². The van der Waals surface area contributed by atoms with Crippen molar-refractivity contribution in [3.8, 4) is 0 Å². The van der Waals surface area contributed by atoms with Gasteiger partial charge in [0.2, 0.25) is 5.91 Å².